The molecule has 0 aromatic heterocycles. The number of aliphatic hydroxyl groups excluding tert-OH is 5. The highest BCUT2D eigenvalue weighted by atomic mass is 16.4. The van der Waals surface area contributed by atoms with Crippen LogP contribution >= 0.6 is 0 Å². The van der Waals surface area contributed by atoms with Gasteiger partial charge in [-0.1, -0.05) is 6.58 Å². The molecule has 6 N–H and O–H groups in total. The van der Waals surface area contributed by atoms with Gasteiger partial charge in [0.2, 0.25) is 5.91 Å². The average molecular weight is 235 g/mol. The van der Waals surface area contributed by atoms with E-state index in [1.807, 2.05) is 0 Å². The third-order valence-corrected chi connectivity index (χ3v) is 2.00. The van der Waals surface area contributed by atoms with Crippen molar-refractivity contribution >= 4 is 5.91 Å². The summed E-state index contributed by atoms with van der Waals surface area (Å²) in [4.78, 5) is 10.7. The van der Waals surface area contributed by atoms with E-state index in [0.717, 1.165) is 6.08 Å². The minimum atomic E-state index is -1.69. The molecule has 0 bridgehead atoms. The number of hydrogen-bond donors (Lipinski definition) is 6. The van der Waals surface area contributed by atoms with Gasteiger partial charge in [-0.3, -0.25) is 4.79 Å². The fourth-order valence-electron chi connectivity index (χ4n) is 0.961. The smallest absolute Gasteiger partial charge is 0.243 e. The average Bonchev–Trinajstić information content (AvgIpc) is 2.32. The molecule has 0 aliphatic heterocycles. The highest BCUT2D eigenvalue weighted by molar-refractivity contribution is 5.86. The second-order valence-corrected chi connectivity index (χ2v) is 3.25. The van der Waals surface area contributed by atoms with Gasteiger partial charge in [-0.15, -0.1) is 0 Å². The number of amides is 1. The first-order valence-electron chi connectivity index (χ1n) is 4.67. The molecular weight excluding hydrogens is 218 g/mol. The molecule has 0 radical (unpaired) electrons. The fraction of sp³-hybridized carbons (Fsp3) is 0.667. The van der Waals surface area contributed by atoms with Gasteiger partial charge in [0.05, 0.1) is 12.7 Å². The van der Waals surface area contributed by atoms with Crippen molar-refractivity contribution in [2.45, 2.75) is 24.4 Å². The molecule has 0 spiro atoms. The molecule has 0 saturated heterocycles. The van der Waals surface area contributed by atoms with Crippen LogP contribution in [0.15, 0.2) is 12.7 Å². The first kappa shape index (κ1) is 15.0. The zero-order valence-electron chi connectivity index (χ0n) is 8.65. The van der Waals surface area contributed by atoms with E-state index in [-0.39, 0.29) is 6.54 Å². The third-order valence-electron chi connectivity index (χ3n) is 2.00. The summed E-state index contributed by atoms with van der Waals surface area (Å²) >= 11 is 0. The molecule has 16 heavy (non-hydrogen) atoms. The third kappa shape index (κ3) is 4.69. The maximum absolute atomic E-state index is 10.7. The number of nitrogens with one attached hydrogen (secondary N) is 1. The van der Waals surface area contributed by atoms with Crippen LogP contribution in [-0.4, -0.2) is 69.0 Å². The van der Waals surface area contributed by atoms with Gasteiger partial charge in [0.15, 0.2) is 0 Å². The lowest BCUT2D eigenvalue weighted by molar-refractivity contribution is -0.122. The van der Waals surface area contributed by atoms with Crippen molar-refractivity contribution in [3.8, 4) is 0 Å². The summed E-state index contributed by atoms with van der Waals surface area (Å²) in [5.74, 6) is -0.538. The van der Waals surface area contributed by atoms with E-state index in [4.69, 9.17) is 10.2 Å². The summed E-state index contributed by atoms with van der Waals surface area (Å²) in [5, 5.41) is 47.6. The molecule has 0 fully saturated rings. The Morgan fingerprint density at radius 1 is 1.19 bits per heavy atom. The van der Waals surface area contributed by atoms with Crippen molar-refractivity contribution in [3.05, 3.63) is 12.7 Å². The van der Waals surface area contributed by atoms with Crippen LogP contribution in [0.3, 0.4) is 0 Å². The highest BCUT2D eigenvalue weighted by Gasteiger charge is 2.29. The number of rotatable bonds is 7. The maximum Gasteiger partial charge on any atom is 0.243 e. The van der Waals surface area contributed by atoms with E-state index in [9.17, 15) is 20.1 Å². The maximum atomic E-state index is 10.7. The number of carbonyl (C=O) groups is 1. The standard InChI is InChI=1S/C9H17NO6/c1-2-7(14)10-3-5(12)8(15)9(16)6(13)4-11/h2,5-6,8-9,11-13,15-16H,1,3-4H2,(H,10,14). The first-order valence-corrected chi connectivity index (χ1v) is 4.67. The van der Waals surface area contributed by atoms with E-state index in [1.165, 1.54) is 0 Å². The van der Waals surface area contributed by atoms with Gasteiger partial charge in [-0.2, -0.15) is 0 Å². The summed E-state index contributed by atoms with van der Waals surface area (Å²) in [6.07, 6.45) is -5.40. The van der Waals surface area contributed by atoms with E-state index in [2.05, 4.69) is 11.9 Å². The quantitative estimate of drug-likeness (QED) is 0.257. The molecule has 0 aromatic carbocycles. The molecule has 0 rings (SSSR count). The number of hydrogen-bond acceptors (Lipinski definition) is 6. The van der Waals surface area contributed by atoms with Crippen molar-refractivity contribution in [3.63, 3.8) is 0 Å². The number of aliphatic hydroxyl groups is 5. The Kier molecular flexibility index (Phi) is 6.86. The Morgan fingerprint density at radius 3 is 2.12 bits per heavy atom. The van der Waals surface area contributed by atoms with Crippen molar-refractivity contribution in [2.75, 3.05) is 13.2 Å². The molecule has 4 unspecified atom stereocenters. The van der Waals surface area contributed by atoms with Crippen LogP contribution in [0.5, 0.6) is 0 Å². The lowest BCUT2D eigenvalue weighted by Crippen LogP contribution is -2.49. The Hall–Kier alpha value is -0.990. The van der Waals surface area contributed by atoms with Gasteiger partial charge in [0.25, 0.3) is 0 Å². The van der Waals surface area contributed by atoms with Gasteiger partial charge in [-0.05, 0) is 6.08 Å². The fourth-order valence-corrected chi connectivity index (χ4v) is 0.961. The molecule has 4 atom stereocenters. The van der Waals surface area contributed by atoms with Crippen LogP contribution in [0.25, 0.3) is 0 Å². The summed E-state index contributed by atoms with van der Waals surface area (Å²) in [6.45, 7) is 2.13. The van der Waals surface area contributed by atoms with Gasteiger partial charge in [-0.25, -0.2) is 0 Å². The second kappa shape index (κ2) is 7.31. The summed E-state index contributed by atoms with van der Waals surface area (Å²) in [5.41, 5.74) is 0. The van der Waals surface area contributed by atoms with Crippen LogP contribution in [0, 0.1) is 0 Å². The van der Waals surface area contributed by atoms with Crippen LogP contribution in [-0.2, 0) is 4.79 Å². The van der Waals surface area contributed by atoms with Crippen molar-refractivity contribution < 1.29 is 30.3 Å². The monoisotopic (exact) mass is 235 g/mol. The Morgan fingerprint density at radius 2 is 1.69 bits per heavy atom. The zero-order valence-corrected chi connectivity index (χ0v) is 8.65. The topological polar surface area (TPSA) is 130 Å². The molecular formula is C9H17NO6. The minimum absolute atomic E-state index is 0.304. The van der Waals surface area contributed by atoms with E-state index in [1.54, 1.807) is 0 Å². The SMILES string of the molecule is C=CC(=O)NCC(O)C(O)C(O)C(O)CO. The normalized spacial score (nSPS) is 18.3. The molecule has 7 nitrogen and oxygen atoms in total. The molecule has 0 aromatic rings. The van der Waals surface area contributed by atoms with Crippen LogP contribution < -0.4 is 5.32 Å². The Bertz CT molecular complexity index is 234. The van der Waals surface area contributed by atoms with Gasteiger partial charge < -0.3 is 30.8 Å². The van der Waals surface area contributed by atoms with E-state index >= 15 is 0 Å². The summed E-state index contributed by atoms with van der Waals surface area (Å²) < 4.78 is 0. The van der Waals surface area contributed by atoms with Crippen molar-refractivity contribution in [2.24, 2.45) is 0 Å². The molecule has 0 aliphatic rings. The van der Waals surface area contributed by atoms with Gasteiger partial charge in [0.1, 0.15) is 18.3 Å². The van der Waals surface area contributed by atoms with Crippen LogP contribution in [0.1, 0.15) is 0 Å². The van der Waals surface area contributed by atoms with Crippen LogP contribution in [0.2, 0.25) is 0 Å². The van der Waals surface area contributed by atoms with E-state index in [0.29, 0.717) is 0 Å². The molecule has 0 saturated carbocycles. The number of carbonyl (C=O) groups excluding carboxylic acids is 1. The van der Waals surface area contributed by atoms with Gasteiger partial charge >= 0.3 is 0 Å². The lowest BCUT2D eigenvalue weighted by atomic mass is 10.0. The van der Waals surface area contributed by atoms with Crippen LogP contribution in [0.4, 0.5) is 0 Å². The highest BCUT2D eigenvalue weighted by Crippen LogP contribution is 2.04. The summed E-state index contributed by atoms with van der Waals surface area (Å²) in [7, 11) is 0. The molecule has 0 aliphatic carbocycles. The molecule has 7 heteroatoms. The largest absolute Gasteiger partial charge is 0.394 e. The van der Waals surface area contributed by atoms with E-state index < -0.39 is 36.9 Å². The Balaban J connectivity index is 4.11. The Labute approximate surface area is 92.7 Å². The first-order chi connectivity index (χ1) is 7.43. The van der Waals surface area contributed by atoms with Crippen molar-refractivity contribution in [1.82, 2.24) is 5.32 Å². The molecule has 0 heterocycles. The minimum Gasteiger partial charge on any atom is -0.394 e. The molecule has 94 valence electrons. The van der Waals surface area contributed by atoms with Gasteiger partial charge in [0, 0.05) is 6.54 Å². The predicted molar refractivity (Wildman–Crippen MR) is 54.3 cm³/mol. The second-order valence-electron chi connectivity index (χ2n) is 3.25. The lowest BCUT2D eigenvalue weighted by Gasteiger charge is -2.25. The summed E-state index contributed by atoms with van der Waals surface area (Å²) in [6, 6.07) is 0. The molecule has 1 amide bonds. The van der Waals surface area contributed by atoms with Crippen molar-refractivity contribution in [1.29, 1.82) is 0 Å². The predicted octanol–water partition coefficient (Wildman–Crippen LogP) is -3.28. The zero-order chi connectivity index (χ0) is 12.7.